The highest BCUT2D eigenvalue weighted by Crippen LogP contribution is 2.36. The van der Waals surface area contributed by atoms with Gasteiger partial charge >= 0.3 is 18.6 Å². The van der Waals surface area contributed by atoms with Gasteiger partial charge in [0.1, 0.15) is 17.4 Å². The molecule has 1 amide bonds. The van der Waals surface area contributed by atoms with E-state index in [9.17, 15) is 31.1 Å². The Labute approximate surface area is 196 Å². The Morgan fingerprint density at radius 2 is 1.69 bits per heavy atom. The largest absolute Gasteiger partial charge is 0.465 e. The van der Waals surface area contributed by atoms with Gasteiger partial charge in [-0.15, -0.1) is 0 Å². The predicted molar refractivity (Wildman–Crippen MR) is 114 cm³/mol. The standard InChI is InChI=1S/C24H20F6N2O3/c25-18-9-17(10-19(11-18)35-24(29,30)21(27)28)23(31,12-14-4-2-1-3-5-14)16-6-7-20(26)15(8-16)13-32-22(33)34/h1-11,21,32H,12-13,31H2,(H,33,34). The van der Waals surface area contributed by atoms with Crippen LogP contribution in [0.4, 0.5) is 31.1 Å². The summed E-state index contributed by atoms with van der Waals surface area (Å²) in [5, 5.41) is 10.9. The van der Waals surface area contributed by atoms with Crippen LogP contribution >= 0.6 is 0 Å². The summed E-state index contributed by atoms with van der Waals surface area (Å²) < 4.78 is 85.0. The number of hydrogen-bond acceptors (Lipinski definition) is 3. The lowest BCUT2D eigenvalue weighted by Crippen LogP contribution is -2.41. The second-order valence-electron chi connectivity index (χ2n) is 7.74. The van der Waals surface area contributed by atoms with Crippen LogP contribution in [0.1, 0.15) is 22.3 Å². The van der Waals surface area contributed by atoms with E-state index in [4.69, 9.17) is 10.8 Å². The van der Waals surface area contributed by atoms with Crippen molar-refractivity contribution in [2.45, 2.75) is 31.0 Å². The summed E-state index contributed by atoms with van der Waals surface area (Å²) in [6, 6.07) is 14.4. The van der Waals surface area contributed by atoms with Gasteiger partial charge in [-0.3, -0.25) is 0 Å². The summed E-state index contributed by atoms with van der Waals surface area (Å²) in [6.45, 7) is -0.408. The van der Waals surface area contributed by atoms with E-state index in [0.717, 1.165) is 18.2 Å². The van der Waals surface area contributed by atoms with E-state index in [-0.39, 0.29) is 23.1 Å². The number of benzene rings is 3. The average Bonchev–Trinajstić information content (AvgIpc) is 2.78. The minimum atomic E-state index is -4.88. The number of amides is 1. The molecule has 1 atom stereocenters. The predicted octanol–water partition coefficient (Wildman–Crippen LogP) is 5.41. The molecule has 0 aliphatic heterocycles. The Kier molecular flexibility index (Phi) is 7.59. The lowest BCUT2D eigenvalue weighted by molar-refractivity contribution is -0.253. The SMILES string of the molecule is NC(Cc1ccccc1)(c1cc(F)cc(OC(F)(F)C(F)F)c1)c1ccc(F)c(CNC(=O)O)c1. The van der Waals surface area contributed by atoms with Gasteiger partial charge in [0.05, 0.1) is 5.54 Å². The van der Waals surface area contributed by atoms with Crippen LogP contribution in [0, 0.1) is 11.6 Å². The number of ether oxygens (including phenoxy) is 1. The van der Waals surface area contributed by atoms with Crippen LogP contribution in [0.5, 0.6) is 5.75 Å². The summed E-state index contributed by atoms with van der Waals surface area (Å²) in [5.41, 5.74) is 5.62. The molecule has 186 valence electrons. The van der Waals surface area contributed by atoms with Gasteiger partial charge in [-0.2, -0.15) is 17.6 Å². The molecule has 4 N–H and O–H groups in total. The summed E-state index contributed by atoms with van der Waals surface area (Å²) >= 11 is 0. The zero-order chi connectivity index (χ0) is 25.8. The van der Waals surface area contributed by atoms with Crippen LogP contribution in [0.3, 0.4) is 0 Å². The Morgan fingerprint density at radius 3 is 2.31 bits per heavy atom. The number of alkyl halides is 4. The maximum absolute atomic E-state index is 14.4. The van der Waals surface area contributed by atoms with Gasteiger partial charge in [0.15, 0.2) is 0 Å². The first-order valence-corrected chi connectivity index (χ1v) is 10.2. The highest BCUT2D eigenvalue weighted by molar-refractivity contribution is 5.64. The number of halogens is 6. The number of nitrogens with two attached hydrogens (primary N) is 1. The second-order valence-corrected chi connectivity index (χ2v) is 7.74. The lowest BCUT2D eigenvalue weighted by atomic mass is 9.78. The van der Waals surface area contributed by atoms with E-state index in [1.807, 2.05) is 5.32 Å². The molecule has 0 bridgehead atoms. The highest BCUT2D eigenvalue weighted by Gasteiger charge is 2.44. The number of hydrogen-bond donors (Lipinski definition) is 3. The molecule has 0 heterocycles. The molecule has 0 aliphatic rings. The normalized spacial score (nSPS) is 13.4. The summed E-state index contributed by atoms with van der Waals surface area (Å²) in [4.78, 5) is 10.8. The summed E-state index contributed by atoms with van der Waals surface area (Å²) in [6.07, 6.45) is -10.5. The molecule has 3 aromatic carbocycles. The van der Waals surface area contributed by atoms with Crippen molar-refractivity contribution in [3.63, 3.8) is 0 Å². The fraction of sp³-hybridized carbons (Fsp3) is 0.208. The minimum Gasteiger partial charge on any atom is -0.465 e. The van der Waals surface area contributed by atoms with Crippen molar-refractivity contribution in [1.82, 2.24) is 5.32 Å². The fourth-order valence-corrected chi connectivity index (χ4v) is 3.53. The van der Waals surface area contributed by atoms with Crippen molar-refractivity contribution >= 4 is 6.09 Å². The molecule has 0 aliphatic carbocycles. The molecular formula is C24H20F6N2O3. The van der Waals surface area contributed by atoms with Gasteiger partial charge in [0, 0.05) is 18.2 Å². The van der Waals surface area contributed by atoms with Crippen LogP contribution in [0.25, 0.3) is 0 Å². The van der Waals surface area contributed by atoms with Crippen molar-refractivity contribution < 1.29 is 41.0 Å². The number of carbonyl (C=O) groups is 1. The second kappa shape index (κ2) is 10.3. The minimum absolute atomic E-state index is 0.0423. The van der Waals surface area contributed by atoms with E-state index < -0.39 is 48.1 Å². The first-order chi connectivity index (χ1) is 16.4. The summed E-state index contributed by atoms with van der Waals surface area (Å²) in [7, 11) is 0. The maximum atomic E-state index is 14.4. The quantitative estimate of drug-likeness (QED) is 0.345. The molecule has 3 aromatic rings. The monoisotopic (exact) mass is 498 g/mol. The van der Waals surface area contributed by atoms with E-state index in [1.165, 1.54) is 12.1 Å². The lowest BCUT2D eigenvalue weighted by Gasteiger charge is -2.32. The van der Waals surface area contributed by atoms with Crippen molar-refractivity contribution in [3.8, 4) is 5.75 Å². The third kappa shape index (κ3) is 6.24. The molecule has 0 fully saturated rings. The van der Waals surface area contributed by atoms with Gasteiger partial charge in [-0.1, -0.05) is 36.4 Å². The van der Waals surface area contributed by atoms with Gasteiger partial charge < -0.3 is 20.9 Å². The highest BCUT2D eigenvalue weighted by atomic mass is 19.3. The van der Waals surface area contributed by atoms with E-state index in [1.54, 1.807) is 30.3 Å². The van der Waals surface area contributed by atoms with Gasteiger partial charge in [-0.05, 0) is 47.4 Å². The Balaban J connectivity index is 2.14. The number of rotatable bonds is 9. The Morgan fingerprint density at radius 1 is 1.00 bits per heavy atom. The molecule has 35 heavy (non-hydrogen) atoms. The molecule has 0 radical (unpaired) electrons. The fourth-order valence-electron chi connectivity index (χ4n) is 3.53. The van der Waals surface area contributed by atoms with Gasteiger partial charge in [-0.25, -0.2) is 13.6 Å². The van der Waals surface area contributed by atoms with Crippen molar-refractivity contribution in [2.75, 3.05) is 0 Å². The number of carboxylic acid groups (broad SMARTS) is 1. The molecule has 5 nitrogen and oxygen atoms in total. The van der Waals surface area contributed by atoms with E-state index in [2.05, 4.69) is 4.74 Å². The third-order valence-electron chi connectivity index (χ3n) is 5.21. The first-order valence-electron chi connectivity index (χ1n) is 10.2. The molecule has 11 heteroatoms. The van der Waals surface area contributed by atoms with Crippen LogP contribution in [0.15, 0.2) is 66.7 Å². The molecule has 1 unspecified atom stereocenters. The Hall–Kier alpha value is -3.73. The molecule has 0 spiro atoms. The average molecular weight is 498 g/mol. The topological polar surface area (TPSA) is 84.6 Å². The zero-order valence-corrected chi connectivity index (χ0v) is 18.0. The molecule has 0 saturated heterocycles. The third-order valence-corrected chi connectivity index (χ3v) is 5.21. The van der Waals surface area contributed by atoms with Crippen molar-refractivity contribution in [1.29, 1.82) is 0 Å². The van der Waals surface area contributed by atoms with E-state index in [0.29, 0.717) is 11.6 Å². The molecule has 0 aromatic heterocycles. The van der Waals surface area contributed by atoms with Crippen molar-refractivity contribution in [3.05, 3.63) is 101 Å². The first kappa shape index (κ1) is 25.9. The smallest absolute Gasteiger partial charge is 0.461 e. The molecular weight excluding hydrogens is 478 g/mol. The maximum Gasteiger partial charge on any atom is 0.461 e. The molecule has 3 rings (SSSR count). The van der Waals surface area contributed by atoms with E-state index >= 15 is 0 Å². The zero-order valence-electron chi connectivity index (χ0n) is 18.0. The number of nitrogens with one attached hydrogen (secondary N) is 1. The van der Waals surface area contributed by atoms with Crippen LogP contribution in [-0.2, 0) is 18.5 Å². The Bertz CT molecular complexity index is 1190. The van der Waals surface area contributed by atoms with Gasteiger partial charge in [0.25, 0.3) is 0 Å². The van der Waals surface area contributed by atoms with Crippen LogP contribution in [-0.4, -0.2) is 23.7 Å². The molecule has 0 saturated carbocycles. The van der Waals surface area contributed by atoms with Crippen molar-refractivity contribution in [2.24, 2.45) is 5.73 Å². The van der Waals surface area contributed by atoms with Crippen LogP contribution in [0.2, 0.25) is 0 Å². The summed E-state index contributed by atoms with van der Waals surface area (Å²) in [5.74, 6) is -2.72. The van der Waals surface area contributed by atoms with Gasteiger partial charge in [0.2, 0.25) is 0 Å². The van der Waals surface area contributed by atoms with Crippen LogP contribution < -0.4 is 15.8 Å².